The lowest BCUT2D eigenvalue weighted by Crippen LogP contribution is -2.13. The van der Waals surface area contributed by atoms with Crippen molar-refractivity contribution in [1.29, 1.82) is 0 Å². The number of carboxylic acids is 1. The summed E-state index contributed by atoms with van der Waals surface area (Å²) in [6.07, 6.45) is 0.906. The minimum atomic E-state index is -1.29. The van der Waals surface area contributed by atoms with Crippen molar-refractivity contribution in [2.75, 3.05) is 0 Å². The molecule has 0 spiro atoms. The van der Waals surface area contributed by atoms with E-state index < -0.39 is 11.8 Å². The maximum Gasteiger partial charge on any atom is 0.357 e. The van der Waals surface area contributed by atoms with E-state index in [1.165, 1.54) is 0 Å². The molecule has 1 aromatic rings. The minimum absolute atomic E-state index is 0.152. The van der Waals surface area contributed by atoms with Crippen LogP contribution in [0.3, 0.4) is 0 Å². The number of hydrogen-bond acceptors (Lipinski definition) is 2. The van der Waals surface area contributed by atoms with Gasteiger partial charge in [-0.1, -0.05) is 0 Å². The Morgan fingerprint density at radius 1 is 1.75 bits per heavy atom. The molecule has 0 radical (unpaired) electrons. The molecular weight excluding hydrogens is 163 g/mol. The van der Waals surface area contributed by atoms with Gasteiger partial charge in [0.15, 0.2) is 11.5 Å². The van der Waals surface area contributed by atoms with E-state index in [1.54, 1.807) is 13.8 Å². The van der Waals surface area contributed by atoms with Gasteiger partial charge < -0.3 is 5.11 Å². The smallest absolute Gasteiger partial charge is 0.357 e. The second-order valence-corrected chi connectivity index (χ2v) is 2.68. The Balaban J connectivity index is 3.21. The fraction of sp³-hybridized carbons (Fsp3) is 0.429. The highest BCUT2D eigenvalue weighted by molar-refractivity contribution is 5.85. The van der Waals surface area contributed by atoms with Crippen LogP contribution in [0.5, 0.6) is 0 Å². The second kappa shape index (κ2) is 2.92. The average Bonchev–Trinajstić information content (AvgIpc) is 2.30. The van der Waals surface area contributed by atoms with Crippen molar-refractivity contribution in [3.05, 3.63) is 17.7 Å². The maximum absolute atomic E-state index is 12.8. The number of carboxylic acid groups (broad SMARTS) is 1. The van der Waals surface area contributed by atoms with Crippen LogP contribution in [0.4, 0.5) is 4.39 Å². The molecule has 12 heavy (non-hydrogen) atoms. The Labute approximate surface area is 68.6 Å². The lowest BCUT2D eigenvalue weighted by Gasteiger charge is -2.06. The first kappa shape index (κ1) is 8.70. The summed E-state index contributed by atoms with van der Waals surface area (Å²) in [5.74, 6) is -2.09. The number of nitrogens with zero attached hydrogens (tertiary/aromatic N) is 2. The van der Waals surface area contributed by atoms with Crippen LogP contribution in [0, 0.1) is 5.82 Å². The SMILES string of the molecule is CC(C)n1ncc(F)c1C(=O)O. The van der Waals surface area contributed by atoms with E-state index in [1.807, 2.05) is 0 Å². The highest BCUT2D eigenvalue weighted by Gasteiger charge is 2.18. The molecule has 0 unspecified atom stereocenters. The van der Waals surface area contributed by atoms with Gasteiger partial charge in [0.25, 0.3) is 0 Å². The molecule has 0 aliphatic carbocycles. The molecule has 1 N–H and O–H groups in total. The van der Waals surface area contributed by atoms with Crippen LogP contribution in [-0.2, 0) is 0 Å². The molecule has 0 saturated heterocycles. The summed E-state index contributed by atoms with van der Waals surface area (Å²) in [7, 11) is 0. The van der Waals surface area contributed by atoms with Crippen molar-refractivity contribution in [2.45, 2.75) is 19.9 Å². The average molecular weight is 172 g/mol. The maximum atomic E-state index is 12.8. The predicted molar refractivity (Wildman–Crippen MR) is 39.5 cm³/mol. The summed E-state index contributed by atoms with van der Waals surface area (Å²) in [5, 5.41) is 12.2. The van der Waals surface area contributed by atoms with Gasteiger partial charge in [-0.25, -0.2) is 9.18 Å². The molecule has 5 heteroatoms. The van der Waals surface area contributed by atoms with E-state index in [0.717, 1.165) is 10.9 Å². The third kappa shape index (κ3) is 1.30. The molecule has 66 valence electrons. The fourth-order valence-electron chi connectivity index (χ4n) is 0.933. The van der Waals surface area contributed by atoms with Crippen LogP contribution in [0.1, 0.15) is 30.4 Å². The van der Waals surface area contributed by atoms with Crippen molar-refractivity contribution in [1.82, 2.24) is 9.78 Å². The van der Waals surface area contributed by atoms with Crippen LogP contribution in [0.15, 0.2) is 6.20 Å². The second-order valence-electron chi connectivity index (χ2n) is 2.68. The van der Waals surface area contributed by atoms with Crippen molar-refractivity contribution >= 4 is 5.97 Å². The van der Waals surface area contributed by atoms with Gasteiger partial charge in [0.2, 0.25) is 0 Å². The largest absolute Gasteiger partial charge is 0.476 e. The summed E-state index contributed by atoms with van der Waals surface area (Å²) in [5.41, 5.74) is -0.384. The Morgan fingerprint density at radius 2 is 2.33 bits per heavy atom. The van der Waals surface area contributed by atoms with E-state index in [4.69, 9.17) is 5.11 Å². The zero-order valence-electron chi connectivity index (χ0n) is 6.78. The van der Waals surface area contributed by atoms with Gasteiger partial charge >= 0.3 is 5.97 Å². The quantitative estimate of drug-likeness (QED) is 0.731. The number of aromatic nitrogens is 2. The van der Waals surface area contributed by atoms with Crippen LogP contribution in [0.2, 0.25) is 0 Å². The minimum Gasteiger partial charge on any atom is -0.476 e. The Morgan fingerprint density at radius 3 is 2.67 bits per heavy atom. The summed E-state index contributed by atoms with van der Waals surface area (Å²) in [6.45, 7) is 3.47. The molecule has 0 saturated carbocycles. The summed E-state index contributed by atoms with van der Waals surface area (Å²) < 4.78 is 13.9. The van der Waals surface area contributed by atoms with E-state index in [2.05, 4.69) is 5.10 Å². The van der Waals surface area contributed by atoms with Crippen molar-refractivity contribution in [3.63, 3.8) is 0 Å². The lowest BCUT2D eigenvalue weighted by molar-refractivity contribution is 0.0675. The number of aromatic carboxylic acids is 1. The predicted octanol–water partition coefficient (Wildman–Crippen LogP) is 1.30. The van der Waals surface area contributed by atoms with E-state index >= 15 is 0 Å². The van der Waals surface area contributed by atoms with Gasteiger partial charge in [0.05, 0.1) is 6.20 Å². The van der Waals surface area contributed by atoms with Crippen molar-refractivity contribution < 1.29 is 14.3 Å². The molecule has 0 aliphatic rings. The van der Waals surface area contributed by atoms with Gasteiger partial charge in [-0.15, -0.1) is 0 Å². The molecule has 1 aromatic heterocycles. The van der Waals surface area contributed by atoms with Crippen LogP contribution in [-0.4, -0.2) is 20.9 Å². The molecular formula is C7H9FN2O2. The Bertz CT molecular complexity index is 306. The highest BCUT2D eigenvalue weighted by Crippen LogP contribution is 2.11. The molecule has 4 nitrogen and oxygen atoms in total. The van der Waals surface area contributed by atoms with Gasteiger partial charge in [-0.3, -0.25) is 4.68 Å². The van der Waals surface area contributed by atoms with Crippen LogP contribution < -0.4 is 0 Å². The van der Waals surface area contributed by atoms with Gasteiger partial charge in [-0.05, 0) is 13.8 Å². The Kier molecular flexibility index (Phi) is 2.12. The first-order chi connectivity index (χ1) is 5.54. The molecule has 0 aromatic carbocycles. The highest BCUT2D eigenvalue weighted by atomic mass is 19.1. The molecule has 1 rings (SSSR count). The monoisotopic (exact) mass is 172 g/mol. The third-order valence-corrected chi connectivity index (χ3v) is 1.44. The first-order valence-corrected chi connectivity index (χ1v) is 3.50. The molecule has 0 fully saturated rings. The summed E-state index contributed by atoms with van der Waals surface area (Å²) >= 11 is 0. The fourth-order valence-corrected chi connectivity index (χ4v) is 0.933. The van der Waals surface area contributed by atoms with Gasteiger partial charge in [0.1, 0.15) is 0 Å². The molecule has 0 aliphatic heterocycles. The van der Waals surface area contributed by atoms with Crippen LogP contribution >= 0.6 is 0 Å². The zero-order valence-corrected chi connectivity index (χ0v) is 6.78. The van der Waals surface area contributed by atoms with E-state index in [-0.39, 0.29) is 11.7 Å². The molecule has 1 heterocycles. The summed E-state index contributed by atoms with van der Waals surface area (Å²) in [4.78, 5) is 10.5. The number of halogens is 1. The number of rotatable bonds is 2. The standard InChI is InChI=1S/C7H9FN2O2/c1-4(2)10-6(7(11)12)5(8)3-9-10/h3-4H,1-2H3,(H,11,12). The van der Waals surface area contributed by atoms with Gasteiger partial charge in [0, 0.05) is 6.04 Å². The zero-order chi connectivity index (χ0) is 9.30. The normalized spacial score (nSPS) is 10.7. The van der Waals surface area contributed by atoms with Crippen molar-refractivity contribution in [3.8, 4) is 0 Å². The molecule has 0 amide bonds. The molecule has 0 bridgehead atoms. The summed E-state index contributed by atoms with van der Waals surface area (Å²) in [6, 6.07) is -0.152. The molecule has 0 atom stereocenters. The third-order valence-electron chi connectivity index (χ3n) is 1.44. The topological polar surface area (TPSA) is 55.1 Å². The van der Waals surface area contributed by atoms with Gasteiger partial charge in [-0.2, -0.15) is 5.10 Å². The number of hydrogen-bond donors (Lipinski definition) is 1. The van der Waals surface area contributed by atoms with Crippen LogP contribution in [0.25, 0.3) is 0 Å². The first-order valence-electron chi connectivity index (χ1n) is 3.50. The van der Waals surface area contributed by atoms with E-state index in [9.17, 15) is 9.18 Å². The lowest BCUT2D eigenvalue weighted by atomic mass is 10.3. The number of carbonyl (C=O) groups is 1. The van der Waals surface area contributed by atoms with E-state index in [0.29, 0.717) is 0 Å². The van der Waals surface area contributed by atoms with Crippen molar-refractivity contribution in [2.24, 2.45) is 0 Å². The Hall–Kier alpha value is -1.39.